The number of carbonyl (C=O) groups is 2. The average Bonchev–Trinajstić information content (AvgIpc) is 3.25. The zero-order chi connectivity index (χ0) is 19.6. The fourth-order valence-electron chi connectivity index (χ4n) is 2.55. The molecule has 140 valence electrons. The van der Waals surface area contributed by atoms with Gasteiger partial charge in [-0.1, -0.05) is 12.1 Å². The first-order valence-corrected chi connectivity index (χ1v) is 8.41. The summed E-state index contributed by atoms with van der Waals surface area (Å²) in [6.07, 6.45) is 1.58. The number of oxazole rings is 1. The van der Waals surface area contributed by atoms with E-state index in [-0.39, 0.29) is 12.3 Å². The van der Waals surface area contributed by atoms with Crippen molar-refractivity contribution in [2.75, 3.05) is 5.32 Å². The summed E-state index contributed by atoms with van der Waals surface area (Å²) in [5.74, 6) is 0.229. The van der Waals surface area contributed by atoms with Gasteiger partial charge in [0.05, 0.1) is 23.8 Å². The molecule has 2 N–H and O–H groups in total. The second kappa shape index (κ2) is 7.11. The Hall–Kier alpha value is -3.35. The molecule has 0 saturated carbocycles. The Morgan fingerprint density at radius 2 is 1.89 bits per heavy atom. The number of nitrogens with zero attached hydrogens (tertiary/aromatic N) is 1. The van der Waals surface area contributed by atoms with Gasteiger partial charge < -0.3 is 19.3 Å². The zero-order valence-corrected chi connectivity index (χ0v) is 15.3. The number of carbonyl (C=O) groups excluding carboxylic acids is 1. The molecule has 0 spiro atoms. The largest absolute Gasteiger partial charge is 0.481 e. The lowest BCUT2D eigenvalue weighted by Gasteiger charge is -2.19. The van der Waals surface area contributed by atoms with E-state index in [0.29, 0.717) is 34.4 Å². The number of benzene rings is 1. The molecule has 7 nitrogen and oxygen atoms in total. The van der Waals surface area contributed by atoms with Crippen LogP contribution in [0.2, 0.25) is 0 Å². The van der Waals surface area contributed by atoms with E-state index in [1.165, 1.54) is 6.26 Å². The molecule has 0 radical (unpaired) electrons. The molecule has 1 amide bonds. The van der Waals surface area contributed by atoms with Gasteiger partial charge in [0.1, 0.15) is 5.76 Å². The number of carboxylic acids is 1. The van der Waals surface area contributed by atoms with Crippen LogP contribution < -0.4 is 5.32 Å². The SMILES string of the molecule is Cc1oc(-c2ccco2)nc1CC(=O)Nc1ccc(C(C)(C)C(=O)O)cc1. The van der Waals surface area contributed by atoms with Gasteiger partial charge in [0.2, 0.25) is 5.91 Å². The summed E-state index contributed by atoms with van der Waals surface area (Å²) < 4.78 is 10.8. The second-order valence-corrected chi connectivity index (χ2v) is 6.73. The van der Waals surface area contributed by atoms with E-state index in [0.717, 1.165) is 0 Å². The first-order chi connectivity index (χ1) is 12.8. The topological polar surface area (TPSA) is 106 Å². The highest BCUT2D eigenvalue weighted by Crippen LogP contribution is 2.25. The summed E-state index contributed by atoms with van der Waals surface area (Å²) in [4.78, 5) is 27.9. The van der Waals surface area contributed by atoms with Crippen molar-refractivity contribution in [1.29, 1.82) is 0 Å². The fraction of sp³-hybridized carbons (Fsp3) is 0.250. The molecule has 0 aliphatic heterocycles. The Labute approximate surface area is 156 Å². The van der Waals surface area contributed by atoms with Gasteiger partial charge in [-0.2, -0.15) is 0 Å². The van der Waals surface area contributed by atoms with E-state index in [1.807, 2.05) is 0 Å². The lowest BCUT2D eigenvalue weighted by Crippen LogP contribution is -2.28. The van der Waals surface area contributed by atoms with E-state index in [1.54, 1.807) is 57.2 Å². The van der Waals surface area contributed by atoms with Crippen LogP contribution in [0.5, 0.6) is 0 Å². The summed E-state index contributed by atoms with van der Waals surface area (Å²) in [6.45, 7) is 5.00. The Morgan fingerprint density at radius 1 is 1.19 bits per heavy atom. The van der Waals surface area contributed by atoms with Crippen LogP contribution in [-0.4, -0.2) is 22.0 Å². The molecule has 3 rings (SSSR count). The number of amides is 1. The Morgan fingerprint density at radius 3 is 2.48 bits per heavy atom. The number of hydrogen-bond donors (Lipinski definition) is 2. The maximum absolute atomic E-state index is 12.3. The van der Waals surface area contributed by atoms with Crippen molar-refractivity contribution in [1.82, 2.24) is 4.98 Å². The van der Waals surface area contributed by atoms with Gasteiger partial charge in [-0.3, -0.25) is 9.59 Å². The summed E-state index contributed by atoms with van der Waals surface area (Å²) in [6, 6.07) is 10.2. The lowest BCUT2D eigenvalue weighted by atomic mass is 9.85. The monoisotopic (exact) mass is 368 g/mol. The first-order valence-electron chi connectivity index (χ1n) is 8.41. The molecule has 7 heteroatoms. The van der Waals surface area contributed by atoms with Crippen LogP contribution in [0.1, 0.15) is 30.9 Å². The van der Waals surface area contributed by atoms with Crippen molar-refractivity contribution in [2.24, 2.45) is 0 Å². The predicted octanol–water partition coefficient (Wildman–Crippen LogP) is 3.79. The van der Waals surface area contributed by atoms with Crippen LogP contribution in [-0.2, 0) is 21.4 Å². The van der Waals surface area contributed by atoms with Gasteiger partial charge in [0.15, 0.2) is 5.76 Å². The van der Waals surface area contributed by atoms with E-state index in [4.69, 9.17) is 8.83 Å². The molecule has 27 heavy (non-hydrogen) atoms. The molecule has 0 aliphatic rings. The van der Waals surface area contributed by atoms with Crippen LogP contribution in [0.15, 0.2) is 51.5 Å². The Bertz CT molecular complexity index is 953. The van der Waals surface area contributed by atoms with Gasteiger partial charge in [-0.25, -0.2) is 4.98 Å². The standard InChI is InChI=1S/C20H20N2O5/c1-12-15(22-18(27-12)16-5-4-10-26-16)11-17(23)21-14-8-6-13(7-9-14)20(2,3)19(24)25/h4-10H,11H2,1-3H3,(H,21,23)(H,24,25). The molecule has 0 aliphatic carbocycles. The number of nitrogens with one attached hydrogen (secondary N) is 1. The van der Waals surface area contributed by atoms with Crippen molar-refractivity contribution in [2.45, 2.75) is 32.6 Å². The summed E-state index contributed by atoms with van der Waals surface area (Å²) >= 11 is 0. The van der Waals surface area contributed by atoms with Gasteiger partial charge in [0.25, 0.3) is 5.89 Å². The third-order valence-corrected chi connectivity index (χ3v) is 4.38. The van der Waals surface area contributed by atoms with Crippen molar-refractivity contribution in [3.8, 4) is 11.7 Å². The zero-order valence-electron chi connectivity index (χ0n) is 15.3. The number of aryl methyl sites for hydroxylation is 1. The minimum Gasteiger partial charge on any atom is -0.481 e. The number of aliphatic carboxylic acids is 1. The van der Waals surface area contributed by atoms with E-state index < -0.39 is 11.4 Å². The number of carboxylic acid groups (broad SMARTS) is 1. The van der Waals surface area contributed by atoms with Crippen LogP contribution >= 0.6 is 0 Å². The van der Waals surface area contributed by atoms with Crippen molar-refractivity contribution >= 4 is 17.6 Å². The summed E-state index contributed by atoms with van der Waals surface area (Å²) in [5.41, 5.74) is 0.770. The third kappa shape index (κ3) is 3.92. The average molecular weight is 368 g/mol. The summed E-state index contributed by atoms with van der Waals surface area (Å²) in [7, 11) is 0. The molecule has 0 bridgehead atoms. The molecule has 0 unspecified atom stereocenters. The van der Waals surface area contributed by atoms with Crippen LogP contribution in [0.4, 0.5) is 5.69 Å². The molecular weight excluding hydrogens is 348 g/mol. The van der Waals surface area contributed by atoms with Gasteiger partial charge in [-0.15, -0.1) is 0 Å². The highest BCUT2D eigenvalue weighted by Gasteiger charge is 2.29. The molecule has 0 atom stereocenters. The summed E-state index contributed by atoms with van der Waals surface area (Å²) in [5, 5.41) is 12.1. The minimum absolute atomic E-state index is 0.0540. The van der Waals surface area contributed by atoms with Crippen LogP contribution in [0.25, 0.3) is 11.7 Å². The van der Waals surface area contributed by atoms with Gasteiger partial charge in [-0.05, 0) is 50.6 Å². The smallest absolute Gasteiger partial charge is 0.313 e. The molecule has 2 heterocycles. The van der Waals surface area contributed by atoms with E-state index in [9.17, 15) is 14.7 Å². The number of anilines is 1. The molecule has 0 saturated heterocycles. The lowest BCUT2D eigenvalue weighted by molar-refractivity contribution is -0.142. The first kappa shape index (κ1) is 18.4. The second-order valence-electron chi connectivity index (χ2n) is 6.73. The molecular formula is C20H20N2O5. The predicted molar refractivity (Wildman–Crippen MR) is 98.4 cm³/mol. The number of aromatic nitrogens is 1. The van der Waals surface area contributed by atoms with Gasteiger partial charge >= 0.3 is 5.97 Å². The van der Waals surface area contributed by atoms with Crippen LogP contribution in [0.3, 0.4) is 0 Å². The molecule has 1 aromatic carbocycles. The Kier molecular flexibility index (Phi) is 4.85. The fourth-order valence-corrected chi connectivity index (χ4v) is 2.55. The quantitative estimate of drug-likeness (QED) is 0.686. The maximum atomic E-state index is 12.3. The molecule has 0 fully saturated rings. The molecule has 3 aromatic rings. The normalized spacial score (nSPS) is 11.4. The van der Waals surface area contributed by atoms with E-state index >= 15 is 0 Å². The highest BCUT2D eigenvalue weighted by molar-refractivity contribution is 5.92. The van der Waals surface area contributed by atoms with Crippen molar-refractivity contribution < 1.29 is 23.5 Å². The van der Waals surface area contributed by atoms with Crippen LogP contribution in [0, 0.1) is 6.92 Å². The number of hydrogen-bond acceptors (Lipinski definition) is 5. The minimum atomic E-state index is -0.997. The van der Waals surface area contributed by atoms with Crippen molar-refractivity contribution in [3.05, 3.63) is 59.7 Å². The highest BCUT2D eigenvalue weighted by atomic mass is 16.4. The maximum Gasteiger partial charge on any atom is 0.313 e. The third-order valence-electron chi connectivity index (χ3n) is 4.38. The van der Waals surface area contributed by atoms with Gasteiger partial charge in [0, 0.05) is 5.69 Å². The Balaban J connectivity index is 1.67. The van der Waals surface area contributed by atoms with E-state index in [2.05, 4.69) is 10.3 Å². The number of rotatable bonds is 6. The number of furan rings is 1. The molecule has 2 aromatic heterocycles. The van der Waals surface area contributed by atoms with Crippen molar-refractivity contribution in [3.63, 3.8) is 0 Å².